The van der Waals surface area contributed by atoms with Crippen LogP contribution in [0.2, 0.25) is 0 Å². The van der Waals surface area contributed by atoms with Crippen LogP contribution in [0.1, 0.15) is 58.2 Å². The Morgan fingerprint density at radius 1 is 0.429 bits per heavy atom. The second-order valence-electron chi connectivity index (χ2n) is 16.3. The van der Waals surface area contributed by atoms with Crippen LogP contribution in [0.15, 0.2) is 211 Å². The molecule has 0 atom stereocenters. The van der Waals surface area contributed by atoms with E-state index in [4.69, 9.17) is 20.0 Å². The Morgan fingerprint density at radius 2 is 0.768 bits per heavy atom. The van der Waals surface area contributed by atoms with Gasteiger partial charge in [0.05, 0.1) is 51.4 Å². The molecule has 6 nitrogen and oxygen atoms in total. The summed E-state index contributed by atoms with van der Waals surface area (Å²) in [4.78, 5) is 21.3. The minimum absolute atomic E-state index is 0.111. The molecule has 0 unspecified atom stereocenters. The standard InChI is InChI=1S/C50H44N4O2/c1-49(2,3)43(55)30-34(48(56)50(4,5)6)47-41-28-26-39(53-41)45(32-18-12-8-13-19-32)37-24-22-35(51-37)44(31-16-10-7-11-17-31)36-23-25-38(52-36)46(33-20-14-9-15-21-33)40-27-29-42(47)54-40/h7-30,55-56H,1-6H3/b43-30-,44-35?,44-36?,45-37?,45-39?,46-38?,46-40?,47-41?,47-42?,48-34+. The summed E-state index contributed by atoms with van der Waals surface area (Å²) in [5, 5.41) is 23.6. The van der Waals surface area contributed by atoms with Gasteiger partial charge < -0.3 is 10.2 Å². The highest BCUT2D eigenvalue weighted by molar-refractivity contribution is 6.38. The third kappa shape index (κ3) is 6.90. The summed E-state index contributed by atoms with van der Waals surface area (Å²) >= 11 is 0. The van der Waals surface area contributed by atoms with Gasteiger partial charge in [-0.2, -0.15) is 0 Å². The number of nitrogens with zero attached hydrogens (tertiary/aromatic N) is 4. The molecule has 6 heteroatoms. The number of aliphatic imine (C=N–C) groups is 4. The van der Waals surface area contributed by atoms with Gasteiger partial charge >= 0.3 is 0 Å². The van der Waals surface area contributed by atoms with Crippen LogP contribution < -0.4 is 0 Å². The van der Waals surface area contributed by atoms with Crippen molar-refractivity contribution in [1.82, 2.24) is 0 Å². The molecule has 56 heavy (non-hydrogen) atoms. The Labute approximate surface area is 328 Å². The summed E-state index contributed by atoms with van der Waals surface area (Å²) in [6.07, 6.45) is 17.8. The molecule has 276 valence electrons. The molecule has 0 saturated heterocycles. The Balaban J connectivity index is 1.50. The number of rotatable bonds is 5. The van der Waals surface area contributed by atoms with Gasteiger partial charge in [-0.05, 0) is 71.4 Å². The molecule has 8 rings (SSSR count). The molecule has 2 N–H and O–H groups in total. The number of hydrogen-bond donors (Lipinski definition) is 2. The molecular formula is C50H44N4O2. The van der Waals surface area contributed by atoms with Crippen molar-refractivity contribution < 1.29 is 10.2 Å². The van der Waals surface area contributed by atoms with E-state index < -0.39 is 10.8 Å². The predicted molar refractivity (Wildman–Crippen MR) is 233 cm³/mol. The van der Waals surface area contributed by atoms with Crippen molar-refractivity contribution in [2.45, 2.75) is 41.5 Å². The lowest BCUT2D eigenvalue weighted by Gasteiger charge is -2.24. The Kier molecular flexibility index (Phi) is 9.21. The van der Waals surface area contributed by atoms with Crippen LogP contribution >= 0.6 is 0 Å². The summed E-state index contributed by atoms with van der Waals surface area (Å²) < 4.78 is 0. The van der Waals surface area contributed by atoms with Crippen molar-refractivity contribution in [3.05, 3.63) is 208 Å². The number of aliphatic hydroxyl groups is 2. The molecule has 5 heterocycles. The molecule has 3 aromatic rings. The lowest BCUT2D eigenvalue weighted by Crippen LogP contribution is -2.17. The molecule has 3 aromatic carbocycles. The number of allylic oxidation sites excluding steroid dienone is 16. The van der Waals surface area contributed by atoms with E-state index in [9.17, 15) is 10.2 Å². The van der Waals surface area contributed by atoms with Gasteiger partial charge in [-0.25, -0.2) is 20.0 Å². The fourth-order valence-electron chi connectivity index (χ4n) is 7.08. The molecular weight excluding hydrogens is 689 g/mol. The van der Waals surface area contributed by atoms with Gasteiger partial charge in [-0.3, -0.25) is 0 Å². The zero-order valence-corrected chi connectivity index (χ0v) is 32.5. The van der Waals surface area contributed by atoms with Gasteiger partial charge in [0.15, 0.2) is 0 Å². The van der Waals surface area contributed by atoms with E-state index in [1.807, 2.05) is 120 Å². The van der Waals surface area contributed by atoms with Crippen molar-refractivity contribution in [2.24, 2.45) is 30.8 Å². The van der Waals surface area contributed by atoms with Crippen LogP contribution in [0.5, 0.6) is 0 Å². The van der Waals surface area contributed by atoms with Crippen LogP contribution in [0.4, 0.5) is 0 Å². The molecule has 5 aliphatic heterocycles. The van der Waals surface area contributed by atoms with Gasteiger partial charge in [0.25, 0.3) is 0 Å². The largest absolute Gasteiger partial charge is 0.512 e. The molecule has 0 radical (unpaired) electrons. The van der Waals surface area contributed by atoms with E-state index in [-0.39, 0.29) is 11.5 Å². The van der Waals surface area contributed by atoms with Crippen LogP contribution in [-0.4, -0.2) is 33.1 Å². The number of benzene rings is 3. The SMILES string of the molecule is CC(C)(C)/C(O)=C/C(C1=C2C=CC(=N2)C(c2ccccc2)=C2C=CC(=N2)C(c2ccccc2)=C2C=CC(=N2)C(c2ccccc2)=C2C=CC1=N2)=C(\O)C(C)(C)C. The quantitative estimate of drug-likeness (QED) is 0.202. The first-order valence-electron chi connectivity index (χ1n) is 18.9. The Morgan fingerprint density at radius 3 is 1.14 bits per heavy atom. The van der Waals surface area contributed by atoms with Gasteiger partial charge in [-0.15, -0.1) is 0 Å². The maximum atomic E-state index is 12.1. The molecule has 0 saturated carbocycles. The first-order chi connectivity index (χ1) is 26.9. The second kappa shape index (κ2) is 14.2. The molecule has 5 aliphatic rings. The summed E-state index contributed by atoms with van der Waals surface area (Å²) in [6.45, 7) is 11.7. The van der Waals surface area contributed by atoms with Crippen molar-refractivity contribution >= 4 is 39.6 Å². The molecule has 8 bridgehead atoms. The fourth-order valence-corrected chi connectivity index (χ4v) is 7.08. The van der Waals surface area contributed by atoms with Gasteiger partial charge in [-0.1, -0.05) is 133 Å². The first-order valence-corrected chi connectivity index (χ1v) is 18.9. The van der Waals surface area contributed by atoms with Crippen molar-refractivity contribution in [2.75, 3.05) is 0 Å². The molecule has 0 aliphatic carbocycles. The third-order valence-electron chi connectivity index (χ3n) is 10.1. The van der Waals surface area contributed by atoms with Crippen molar-refractivity contribution in [1.29, 1.82) is 0 Å². The lowest BCUT2D eigenvalue weighted by molar-refractivity contribution is 0.267. The summed E-state index contributed by atoms with van der Waals surface area (Å²) in [7, 11) is 0. The van der Waals surface area contributed by atoms with Crippen LogP contribution in [-0.2, 0) is 0 Å². The van der Waals surface area contributed by atoms with Gasteiger partial charge in [0, 0.05) is 38.7 Å². The monoisotopic (exact) mass is 732 g/mol. The molecule has 0 fully saturated rings. The van der Waals surface area contributed by atoms with Crippen LogP contribution in [0, 0.1) is 10.8 Å². The number of hydrogen-bond acceptors (Lipinski definition) is 6. The maximum Gasteiger partial charge on any atom is 0.106 e. The van der Waals surface area contributed by atoms with Crippen LogP contribution in [0.25, 0.3) is 16.7 Å². The smallest absolute Gasteiger partial charge is 0.106 e. The Hall–Kier alpha value is -6.66. The number of fused-ring (bicyclic) bond motifs is 4. The summed E-state index contributed by atoms with van der Waals surface area (Å²) in [5.41, 5.74) is 11.2. The summed E-state index contributed by atoms with van der Waals surface area (Å²) in [6, 6.07) is 30.6. The van der Waals surface area contributed by atoms with E-state index in [1.165, 1.54) is 0 Å². The Bertz CT molecular complexity index is 2560. The van der Waals surface area contributed by atoms with Gasteiger partial charge in [0.1, 0.15) is 5.76 Å². The zero-order valence-electron chi connectivity index (χ0n) is 32.5. The van der Waals surface area contributed by atoms with Crippen molar-refractivity contribution in [3.63, 3.8) is 0 Å². The zero-order chi connectivity index (χ0) is 39.2. The molecule has 0 amide bonds. The van der Waals surface area contributed by atoms with E-state index in [0.717, 1.165) is 67.6 Å². The maximum absolute atomic E-state index is 12.1. The fraction of sp³-hybridized carbons (Fsp3) is 0.160. The first kappa shape index (κ1) is 36.3. The highest BCUT2D eigenvalue weighted by Gasteiger charge is 2.31. The van der Waals surface area contributed by atoms with E-state index in [1.54, 1.807) is 6.08 Å². The predicted octanol–water partition coefficient (Wildman–Crippen LogP) is 11.9. The third-order valence-corrected chi connectivity index (χ3v) is 10.1. The highest BCUT2D eigenvalue weighted by atomic mass is 16.3. The lowest BCUT2D eigenvalue weighted by atomic mass is 9.84. The summed E-state index contributed by atoms with van der Waals surface area (Å²) in [5.74, 6) is 0.238. The minimum atomic E-state index is -0.669. The van der Waals surface area contributed by atoms with E-state index in [2.05, 4.69) is 60.7 Å². The van der Waals surface area contributed by atoms with Crippen molar-refractivity contribution in [3.8, 4) is 0 Å². The van der Waals surface area contributed by atoms with Crippen LogP contribution in [0.3, 0.4) is 0 Å². The van der Waals surface area contributed by atoms with E-state index in [0.29, 0.717) is 22.6 Å². The number of aliphatic hydroxyl groups excluding tert-OH is 2. The topological polar surface area (TPSA) is 89.9 Å². The molecule has 0 aromatic heterocycles. The average Bonchev–Trinajstić information content (AvgIpc) is 4.02. The van der Waals surface area contributed by atoms with E-state index >= 15 is 0 Å². The average molecular weight is 733 g/mol. The van der Waals surface area contributed by atoms with Gasteiger partial charge in [0.2, 0.25) is 0 Å². The minimum Gasteiger partial charge on any atom is -0.512 e. The molecule has 0 spiro atoms. The second-order valence-corrected chi connectivity index (χ2v) is 16.3. The normalized spacial score (nSPS) is 18.6. The highest BCUT2D eigenvalue weighted by Crippen LogP contribution is 2.40.